The van der Waals surface area contributed by atoms with Gasteiger partial charge in [0.2, 0.25) is 5.78 Å². The molecule has 0 spiro atoms. The summed E-state index contributed by atoms with van der Waals surface area (Å²) in [5, 5.41) is 0. The van der Waals surface area contributed by atoms with E-state index in [1.165, 1.54) is 19.9 Å². The summed E-state index contributed by atoms with van der Waals surface area (Å²) in [7, 11) is 0. The van der Waals surface area contributed by atoms with Gasteiger partial charge in [0.15, 0.2) is 5.60 Å². The Bertz CT molecular complexity index is 425. The van der Waals surface area contributed by atoms with E-state index in [0.717, 1.165) is 5.57 Å². The fraction of sp³-hybridized carbons (Fsp3) is 0.500. The number of ketones is 2. The molecule has 1 rings (SSSR count). The minimum Gasteiger partial charge on any atom is -0.446 e. The first kappa shape index (κ1) is 14.4. The lowest BCUT2D eigenvalue weighted by molar-refractivity contribution is -0.160. The van der Waals surface area contributed by atoms with Crippen molar-refractivity contribution in [3.05, 3.63) is 23.8 Å². The van der Waals surface area contributed by atoms with Gasteiger partial charge >= 0.3 is 5.97 Å². The number of Topliss-reactive ketones (excluding diaryl/α,β-unsaturated/α-hetero) is 1. The zero-order valence-electron chi connectivity index (χ0n) is 11.1. The maximum Gasteiger partial charge on any atom is 0.303 e. The summed E-state index contributed by atoms with van der Waals surface area (Å²) in [4.78, 5) is 34.5. The predicted octanol–water partition coefficient (Wildman–Crippen LogP) is 1.99. The molecule has 0 aromatic rings. The molecule has 1 atom stereocenters. The van der Waals surface area contributed by atoms with Crippen LogP contribution in [0.25, 0.3) is 0 Å². The van der Waals surface area contributed by atoms with Crippen molar-refractivity contribution in [1.82, 2.24) is 0 Å². The monoisotopic (exact) mass is 250 g/mol. The molecule has 18 heavy (non-hydrogen) atoms. The second-order valence-corrected chi connectivity index (χ2v) is 4.86. The molecule has 0 fully saturated rings. The van der Waals surface area contributed by atoms with Gasteiger partial charge in [0.05, 0.1) is 6.42 Å². The van der Waals surface area contributed by atoms with Gasteiger partial charge in [-0.1, -0.05) is 19.9 Å². The molecule has 0 aromatic carbocycles. The van der Waals surface area contributed by atoms with Crippen LogP contribution >= 0.6 is 0 Å². The Morgan fingerprint density at radius 2 is 1.89 bits per heavy atom. The molecule has 0 amide bonds. The Kier molecular flexibility index (Phi) is 4.22. The SMILES string of the molecule is CC(=O)CC1(OC(C)=O)C=C(C(C)C)C=CC1=O. The normalized spacial score (nSPS) is 22.9. The van der Waals surface area contributed by atoms with Crippen molar-refractivity contribution in [3.63, 3.8) is 0 Å². The average Bonchev–Trinajstić information content (AvgIpc) is 2.19. The van der Waals surface area contributed by atoms with E-state index >= 15 is 0 Å². The zero-order chi connectivity index (χ0) is 13.9. The van der Waals surface area contributed by atoms with Crippen LogP contribution in [0.3, 0.4) is 0 Å². The molecule has 0 aromatic heterocycles. The third kappa shape index (κ3) is 3.15. The van der Waals surface area contributed by atoms with Crippen molar-refractivity contribution in [2.75, 3.05) is 0 Å². The molecular formula is C14H18O4. The maximum atomic E-state index is 12.0. The second-order valence-electron chi connectivity index (χ2n) is 4.86. The number of rotatable bonds is 4. The summed E-state index contributed by atoms with van der Waals surface area (Å²) in [6.07, 6.45) is 4.56. The average molecular weight is 250 g/mol. The molecule has 0 radical (unpaired) electrons. The first-order valence-electron chi connectivity index (χ1n) is 5.91. The van der Waals surface area contributed by atoms with Crippen molar-refractivity contribution >= 4 is 17.5 Å². The van der Waals surface area contributed by atoms with E-state index in [1.807, 2.05) is 13.8 Å². The van der Waals surface area contributed by atoms with Crippen molar-refractivity contribution in [3.8, 4) is 0 Å². The Hall–Kier alpha value is -1.71. The summed E-state index contributed by atoms with van der Waals surface area (Å²) in [6, 6.07) is 0. The van der Waals surface area contributed by atoms with Gasteiger partial charge in [0, 0.05) is 6.92 Å². The van der Waals surface area contributed by atoms with Crippen LogP contribution in [0.2, 0.25) is 0 Å². The van der Waals surface area contributed by atoms with Crippen LogP contribution in [0.5, 0.6) is 0 Å². The van der Waals surface area contributed by atoms with Gasteiger partial charge in [-0.2, -0.15) is 0 Å². The van der Waals surface area contributed by atoms with Gasteiger partial charge in [-0.15, -0.1) is 0 Å². The third-order valence-corrected chi connectivity index (χ3v) is 2.75. The van der Waals surface area contributed by atoms with Crippen LogP contribution in [0.1, 0.15) is 34.1 Å². The fourth-order valence-electron chi connectivity index (χ4n) is 1.94. The van der Waals surface area contributed by atoms with Crippen LogP contribution in [-0.2, 0) is 19.1 Å². The van der Waals surface area contributed by atoms with E-state index in [1.54, 1.807) is 12.2 Å². The van der Waals surface area contributed by atoms with Gasteiger partial charge in [-0.05, 0) is 30.6 Å². The highest BCUT2D eigenvalue weighted by atomic mass is 16.6. The number of ether oxygens (including phenoxy) is 1. The molecule has 4 nitrogen and oxygen atoms in total. The van der Waals surface area contributed by atoms with Crippen molar-refractivity contribution in [2.45, 2.75) is 39.7 Å². The predicted molar refractivity (Wildman–Crippen MR) is 66.9 cm³/mol. The van der Waals surface area contributed by atoms with Crippen molar-refractivity contribution in [1.29, 1.82) is 0 Å². The van der Waals surface area contributed by atoms with Gasteiger partial charge in [-0.3, -0.25) is 14.4 Å². The number of carbonyl (C=O) groups is 3. The lowest BCUT2D eigenvalue weighted by Gasteiger charge is -2.30. The van der Waals surface area contributed by atoms with Gasteiger partial charge in [-0.25, -0.2) is 0 Å². The van der Waals surface area contributed by atoms with Crippen LogP contribution in [0.15, 0.2) is 23.8 Å². The summed E-state index contributed by atoms with van der Waals surface area (Å²) in [5.74, 6) is -0.938. The highest BCUT2D eigenvalue weighted by Gasteiger charge is 2.41. The molecule has 1 unspecified atom stereocenters. The quantitative estimate of drug-likeness (QED) is 0.716. The lowest BCUT2D eigenvalue weighted by atomic mass is 9.83. The number of hydrogen-bond donors (Lipinski definition) is 0. The molecular weight excluding hydrogens is 232 g/mol. The highest BCUT2D eigenvalue weighted by molar-refractivity contribution is 6.04. The molecule has 98 valence electrons. The van der Waals surface area contributed by atoms with Crippen LogP contribution in [0.4, 0.5) is 0 Å². The molecule has 0 heterocycles. The molecule has 1 aliphatic rings. The Balaban J connectivity index is 3.21. The zero-order valence-corrected chi connectivity index (χ0v) is 11.1. The van der Waals surface area contributed by atoms with Gasteiger partial charge < -0.3 is 4.74 Å². The van der Waals surface area contributed by atoms with E-state index in [9.17, 15) is 14.4 Å². The molecule has 0 bridgehead atoms. The number of allylic oxidation sites excluding steroid dienone is 2. The van der Waals surface area contributed by atoms with E-state index in [2.05, 4.69) is 0 Å². The summed E-state index contributed by atoms with van der Waals surface area (Å²) in [6.45, 7) is 6.55. The van der Waals surface area contributed by atoms with Crippen molar-refractivity contribution in [2.24, 2.45) is 5.92 Å². The van der Waals surface area contributed by atoms with Gasteiger partial charge in [0.1, 0.15) is 5.78 Å². The topological polar surface area (TPSA) is 60.4 Å². The molecule has 0 saturated carbocycles. The largest absolute Gasteiger partial charge is 0.446 e. The number of esters is 1. The van der Waals surface area contributed by atoms with E-state index < -0.39 is 11.6 Å². The van der Waals surface area contributed by atoms with Crippen LogP contribution in [-0.4, -0.2) is 23.1 Å². The highest BCUT2D eigenvalue weighted by Crippen LogP contribution is 2.29. The van der Waals surface area contributed by atoms with E-state index in [4.69, 9.17) is 4.74 Å². The van der Waals surface area contributed by atoms with Crippen LogP contribution < -0.4 is 0 Å². The standard InChI is InChI=1S/C14H18O4/c1-9(2)12-5-6-13(17)14(8-12,7-10(3)15)18-11(4)16/h5-6,8-9H,7H2,1-4H3. The number of hydrogen-bond acceptors (Lipinski definition) is 4. The van der Waals surface area contributed by atoms with Gasteiger partial charge in [0.25, 0.3) is 0 Å². The molecule has 4 heteroatoms. The third-order valence-electron chi connectivity index (χ3n) is 2.75. The Labute approximate surface area is 107 Å². The van der Waals surface area contributed by atoms with E-state index in [0.29, 0.717) is 0 Å². The summed E-state index contributed by atoms with van der Waals surface area (Å²) >= 11 is 0. The summed E-state index contributed by atoms with van der Waals surface area (Å²) < 4.78 is 5.15. The maximum absolute atomic E-state index is 12.0. The lowest BCUT2D eigenvalue weighted by Crippen LogP contribution is -2.43. The molecule has 1 aliphatic carbocycles. The van der Waals surface area contributed by atoms with E-state index in [-0.39, 0.29) is 23.9 Å². The first-order chi connectivity index (χ1) is 8.27. The Morgan fingerprint density at radius 3 is 2.33 bits per heavy atom. The summed E-state index contributed by atoms with van der Waals surface area (Å²) in [5.41, 5.74) is -0.566. The minimum absolute atomic E-state index is 0.119. The Morgan fingerprint density at radius 1 is 1.28 bits per heavy atom. The molecule has 0 saturated heterocycles. The molecule has 0 N–H and O–H groups in total. The van der Waals surface area contributed by atoms with Crippen LogP contribution in [0, 0.1) is 5.92 Å². The number of carbonyl (C=O) groups excluding carboxylic acids is 3. The minimum atomic E-state index is -1.45. The molecule has 0 aliphatic heterocycles. The second kappa shape index (κ2) is 5.29. The fourth-order valence-corrected chi connectivity index (χ4v) is 1.94. The first-order valence-corrected chi connectivity index (χ1v) is 5.91. The smallest absolute Gasteiger partial charge is 0.303 e. The van der Waals surface area contributed by atoms with Crippen molar-refractivity contribution < 1.29 is 19.1 Å².